The summed E-state index contributed by atoms with van der Waals surface area (Å²) in [5.74, 6) is -3.60. The van der Waals surface area contributed by atoms with Crippen molar-refractivity contribution in [3.63, 3.8) is 0 Å². The highest BCUT2D eigenvalue weighted by Crippen LogP contribution is 2.40. The molecule has 1 saturated carbocycles. The van der Waals surface area contributed by atoms with E-state index in [1.54, 1.807) is 0 Å². The molecule has 0 heterocycles. The number of halogens is 9. The molecule has 1 aliphatic carbocycles. The fourth-order valence-electron chi connectivity index (χ4n) is 3.51. The monoisotopic (exact) mass is 590 g/mol. The second kappa shape index (κ2) is 10.8. The first-order valence-electron chi connectivity index (χ1n) is 10.1. The van der Waals surface area contributed by atoms with Crippen LogP contribution in [-0.2, 0) is 16.2 Å². The molecule has 5 nitrogen and oxygen atoms in total. The summed E-state index contributed by atoms with van der Waals surface area (Å²) in [7, 11) is -3.69. The molecular weight excluding hydrogens is 568 g/mol. The van der Waals surface area contributed by atoms with E-state index < -0.39 is 86.7 Å². The lowest BCUT2D eigenvalue weighted by molar-refractivity contribution is -0.139. The minimum atomic E-state index is -4.85. The van der Waals surface area contributed by atoms with Crippen LogP contribution in [0.15, 0.2) is 21.5 Å². The number of methoxy groups -OCH3 is 1. The van der Waals surface area contributed by atoms with Crippen LogP contribution in [0, 0.1) is 0 Å². The Kier molecular flexibility index (Phi) is 9.25. The molecule has 0 amide bonds. The third-order valence-corrected chi connectivity index (χ3v) is 7.80. The van der Waals surface area contributed by atoms with Crippen molar-refractivity contribution in [2.75, 3.05) is 13.7 Å². The summed E-state index contributed by atoms with van der Waals surface area (Å²) in [5, 5.41) is 2.82. The van der Waals surface area contributed by atoms with Gasteiger partial charge in [-0.05, 0) is 41.3 Å². The van der Waals surface area contributed by atoms with Crippen molar-refractivity contribution in [2.45, 2.75) is 73.8 Å². The lowest BCUT2D eigenvalue weighted by Gasteiger charge is -2.30. The summed E-state index contributed by atoms with van der Waals surface area (Å²) in [6.07, 6.45) is -12.1. The molecule has 0 radical (unpaired) electrons. The number of rotatable bonds is 9. The van der Waals surface area contributed by atoms with Crippen molar-refractivity contribution in [1.29, 1.82) is 0 Å². The summed E-state index contributed by atoms with van der Waals surface area (Å²) in [6.45, 7) is -0.291. The van der Waals surface area contributed by atoms with E-state index in [4.69, 9.17) is 0 Å². The summed E-state index contributed by atoms with van der Waals surface area (Å²) in [5.41, 5.74) is -1.25. The molecule has 1 unspecified atom stereocenters. The Hall–Kier alpha value is -1.19. The van der Waals surface area contributed by atoms with E-state index in [1.807, 2.05) is 0 Å². The average molecular weight is 591 g/mol. The van der Waals surface area contributed by atoms with Gasteiger partial charge in [0.05, 0.1) is 17.6 Å². The van der Waals surface area contributed by atoms with Gasteiger partial charge in [0, 0.05) is 48.4 Å². The van der Waals surface area contributed by atoms with Gasteiger partial charge in [-0.3, -0.25) is 0 Å². The van der Waals surface area contributed by atoms with Crippen LogP contribution in [0.5, 0.6) is 5.75 Å². The predicted octanol–water partition coefficient (Wildman–Crippen LogP) is 5.63. The molecule has 1 aromatic carbocycles. The van der Waals surface area contributed by atoms with Crippen LogP contribution in [0.3, 0.4) is 0 Å². The van der Waals surface area contributed by atoms with Crippen molar-refractivity contribution in [2.24, 2.45) is 0 Å². The fourth-order valence-corrected chi connectivity index (χ4v) is 5.84. The van der Waals surface area contributed by atoms with Crippen LogP contribution in [0.25, 0.3) is 0 Å². The average Bonchev–Trinajstić information content (AvgIpc) is 2.69. The number of sulfonamides is 1. The quantitative estimate of drug-likeness (QED) is 0.366. The topological polar surface area (TPSA) is 67.4 Å². The summed E-state index contributed by atoms with van der Waals surface area (Å²) >= 11 is 2.77. The molecule has 2 N–H and O–H groups in total. The zero-order valence-electron chi connectivity index (χ0n) is 17.8. The number of ether oxygens (including phenoxy) is 1. The molecule has 1 fully saturated rings. The highest BCUT2D eigenvalue weighted by atomic mass is 79.9. The Morgan fingerprint density at radius 3 is 2.24 bits per heavy atom. The number of benzene rings is 1. The van der Waals surface area contributed by atoms with Gasteiger partial charge < -0.3 is 10.1 Å². The summed E-state index contributed by atoms with van der Waals surface area (Å²) < 4.78 is 136. The van der Waals surface area contributed by atoms with Crippen LogP contribution < -0.4 is 14.8 Å². The maximum Gasteiger partial charge on any atom is 0.420 e. The first-order chi connectivity index (χ1) is 15.4. The van der Waals surface area contributed by atoms with Crippen LogP contribution in [-0.4, -0.2) is 46.3 Å². The van der Waals surface area contributed by atoms with Gasteiger partial charge in [-0.2, -0.15) is 26.3 Å². The standard InChI is InChI=1S/C19H23BrF8N2O3S/c1-33-15-9-16(14(20)8-13(15)19(26,27)28)34(31,32)30-12(4-7-18(23,24)25)10-29-11-2-5-17(21,22)6-3-11/h8-9,11-12,29-30H,2-7,10H2,1H3. The van der Waals surface area contributed by atoms with Crippen LogP contribution in [0.1, 0.15) is 44.1 Å². The van der Waals surface area contributed by atoms with Gasteiger partial charge in [0.1, 0.15) is 5.75 Å². The second-order valence-electron chi connectivity index (χ2n) is 7.99. The van der Waals surface area contributed by atoms with Crippen molar-refractivity contribution in [3.05, 3.63) is 22.2 Å². The predicted molar refractivity (Wildman–Crippen MR) is 110 cm³/mol. The Bertz CT molecular complexity index is 944. The number of hydrogen-bond acceptors (Lipinski definition) is 4. The summed E-state index contributed by atoms with van der Waals surface area (Å²) in [6, 6.07) is -0.629. The van der Waals surface area contributed by atoms with E-state index in [-0.39, 0.29) is 19.4 Å². The van der Waals surface area contributed by atoms with Crippen LogP contribution in [0.2, 0.25) is 0 Å². The molecule has 0 aliphatic heterocycles. The van der Waals surface area contributed by atoms with Crippen LogP contribution in [0.4, 0.5) is 35.1 Å². The molecule has 0 saturated heterocycles. The van der Waals surface area contributed by atoms with E-state index in [9.17, 15) is 43.5 Å². The normalized spacial score (nSPS) is 18.6. The molecule has 0 aromatic heterocycles. The van der Waals surface area contributed by atoms with E-state index in [0.717, 1.165) is 7.11 Å². The number of nitrogens with one attached hydrogen (secondary N) is 2. The molecule has 15 heteroatoms. The van der Waals surface area contributed by atoms with E-state index >= 15 is 0 Å². The Morgan fingerprint density at radius 2 is 1.74 bits per heavy atom. The molecule has 1 atom stereocenters. The fraction of sp³-hybridized carbons (Fsp3) is 0.684. The molecule has 196 valence electrons. The van der Waals surface area contributed by atoms with Crippen LogP contribution >= 0.6 is 15.9 Å². The van der Waals surface area contributed by atoms with E-state index in [2.05, 4.69) is 30.7 Å². The molecule has 0 bridgehead atoms. The smallest absolute Gasteiger partial charge is 0.420 e. The molecule has 2 rings (SSSR count). The Balaban J connectivity index is 2.23. The maximum absolute atomic E-state index is 13.3. The molecular formula is C19H23BrF8N2O3S. The van der Waals surface area contributed by atoms with Gasteiger partial charge in [-0.1, -0.05) is 0 Å². The van der Waals surface area contributed by atoms with Gasteiger partial charge in [-0.25, -0.2) is 21.9 Å². The summed E-state index contributed by atoms with van der Waals surface area (Å²) in [4.78, 5) is -0.660. The van der Waals surface area contributed by atoms with Gasteiger partial charge in [0.2, 0.25) is 15.9 Å². The molecule has 1 aromatic rings. The maximum atomic E-state index is 13.3. The minimum Gasteiger partial charge on any atom is -0.496 e. The largest absolute Gasteiger partial charge is 0.496 e. The number of alkyl halides is 8. The molecule has 0 spiro atoms. The molecule has 1 aliphatic rings. The molecule has 34 heavy (non-hydrogen) atoms. The SMILES string of the molecule is COc1cc(S(=O)(=O)NC(CCC(F)(F)F)CNC2CCC(F)(F)CC2)c(Br)cc1C(F)(F)F. The highest BCUT2D eigenvalue weighted by molar-refractivity contribution is 9.10. The first-order valence-corrected chi connectivity index (χ1v) is 12.4. The van der Waals surface area contributed by atoms with Crippen molar-refractivity contribution in [1.82, 2.24) is 10.0 Å². The van der Waals surface area contributed by atoms with Crippen molar-refractivity contribution in [3.8, 4) is 5.75 Å². The third-order valence-electron chi connectivity index (χ3n) is 5.32. The second-order valence-corrected chi connectivity index (χ2v) is 10.5. The van der Waals surface area contributed by atoms with Gasteiger partial charge >= 0.3 is 12.4 Å². The van der Waals surface area contributed by atoms with Crippen molar-refractivity contribution < 1.29 is 48.3 Å². The zero-order chi connectivity index (χ0) is 25.9. The van der Waals surface area contributed by atoms with E-state index in [1.165, 1.54) is 0 Å². The van der Waals surface area contributed by atoms with Gasteiger partial charge in [0.25, 0.3) is 0 Å². The van der Waals surface area contributed by atoms with Gasteiger partial charge in [-0.15, -0.1) is 0 Å². The number of hydrogen-bond donors (Lipinski definition) is 2. The zero-order valence-corrected chi connectivity index (χ0v) is 20.2. The Morgan fingerprint density at radius 1 is 1.15 bits per heavy atom. The highest BCUT2D eigenvalue weighted by Gasteiger charge is 2.38. The van der Waals surface area contributed by atoms with Crippen molar-refractivity contribution >= 4 is 26.0 Å². The van der Waals surface area contributed by atoms with E-state index in [0.29, 0.717) is 12.1 Å². The minimum absolute atomic E-state index is 0.0629. The van der Waals surface area contributed by atoms with Gasteiger partial charge in [0.15, 0.2) is 0 Å². The lowest BCUT2D eigenvalue weighted by atomic mass is 9.92. The third kappa shape index (κ3) is 8.48. The lowest BCUT2D eigenvalue weighted by Crippen LogP contribution is -2.46. The Labute approximate surface area is 199 Å². The first kappa shape index (κ1) is 29.0.